The minimum Gasteiger partial charge on any atom is -0.358 e. The average molecular weight is 324 g/mol. The van der Waals surface area contributed by atoms with Crippen LogP contribution in [0, 0.1) is 10.1 Å². The maximum Gasteiger partial charge on any atom is 0.372 e. The number of fused-ring (bicyclic) bond motifs is 1. The molecular formula is C16H16N6O2. The minimum atomic E-state index is -0.361. The van der Waals surface area contributed by atoms with Crippen LogP contribution in [0.2, 0.25) is 0 Å². The summed E-state index contributed by atoms with van der Waals surface area (Å²) in [6.07, 6.45) is 3.45. The maximum absolute atomic E-state index is 11.5. The Balaban J connectivity index is 1.61. The van der Waals surface area contributed by atoms with Crippen LogP contribution in [0.25, 0.3) is 5.65 Å². The summed E-state index contributed by atoms with van der Waals surface area (Å²) in [6, 6.07) is 11.2. The number of nitrogens with zero attached hydrogens (tertiary/aromatic N) is 6. The second-order valence-corrected chi connectivity index (χ2v) is 5.61. The molecule has 1 aliphatic heterocycles. The van der Waals surface area contributed by atoms with Crippen LogP contribution < -0.4 is 9.80 Å². The lowest BCUT2D eigenvalue weighted by Gasteiger charge is -2.35. The lowest BCUT2D eigenvalue weighted by Crippen LogP contribution is -2.47. The first-order chi connectivity index (χ1) is 11.7. The molecule has 1 aliphatic rings. The standard InChI is InChI=1S/C16H16N6O2/c23-22(24)16-15(18-14-6-2-4-8-21(14)16)20-11-9-19(10-12-20)13-5-1-3-7-17-13/h1-8H,9-12H2. The Morgan fingerprint density at radius 1 is 1.00 bits per heavy atom. The van der Waals surface area contributed by atoms with Crippen molar-refractivity contribution in [3.63, 3.8) is 0 Å². The molecule has 1 saturated heterocycles. The molecule has 1 fully saturated rings. The molecular weight excluding hydrogens is 308 g/mol. The summed E-state index contributed by atoms with van der Waals surface area (Å²) in [6.45, 7) is 2.84. The highest BCUT2D eigenvalue weighted by atomic mass is 16.6. The molecule has 0 unspecified atom stereocenters. The van der Waals surface area contributed by atoms with E-state index in [0.717, 1.165) is 18.9 Å². The number of pyridine rings is 2. The van der Waals surface area contributed by atoms with Crippen molar-refractivity contribution in [3.05, 3.63) is 58.9 Å². The summed E-state index contributed by atoms with van der Waals surface area (Å²) in [5.74, 6) is 1.39. The topological polar surface area (TPSA) is 79.8 Å². The Morgan fingerprint density at radius 3 is 2.46 bits per heavy atom. The predicted molar refractivity (Wildman–Crippen MR) is 90.5 cm³/mol. The zero-order valence-electron chi connectivity index (χ0n) is 12.9. The van der Waals surface area contributed by atoms with E-state index >= 15 is 0 Å². The minimum absolute atomic E-state index is 0.0249. The van der Waals surface area contributed by atoms with Crippen molar-refractivity contribution in [2.75, 3.05) is 36.0 Å². The number of hydrogen-bond donors (Lipinski definition) is 0. The van der Waals surface area contributed by atoms with Gasteiger partial charge in [-0.25, -0.2) is 4.98 Å². The highest BCUT2D eigenvalue weighted by Crippen LogP contribution is 2.29. The Bertz CT molecular complexity index is 871. The van der Waals surface area contributed by atoms with Crippen molar-refractivity contribution in [1.82, 2.24) is 14.4 Å². The summed E-state index contributed by atoms with van der Waals surface area (Å²) in [5, 5.41) is 11.5. The largest absolute Gasteiger partial charge is 0.372 e. The van der Waals surface area contributed by atoms with Gasteiger partial charge in [0.1, 0.15) is 5.82 Å². The number of imidazole rings is 1. The summed E-state index contributed by atoms with van der Waals surface area (Å²) in [7, 11) is 0. The maximum atomic E-state index is 11.5. The predicted octanol–water partition coefficient (Wildman–Crippen LogP) is 1.96. The fourth-order valence-corrected chi connectivity index (χ4v) is 3.04. The van der Waals surface area contributed by atoms with E-state index in [1.165, 1.54) is 4.40 Å². The van der Waals surface area contributed by atoms with E-state index in [9.17, 15) is 10.1 Å². The zero-order valence-corrected chi connectivity index (χ0v) is 12.9. The van der Waals surface area contributed by atoms with Crippen LogP contribution in [-0.2, 0) is 0 Å². The van der Waals surface area contributed by atoms with Gasteiger partial charge in [-0.15, -0.1) is 0 Å². The second-order valence-electron chi connectivity index (χ2n) is 5.61. The lowest BCUT2D eigenvalue weighted by atomic mass is 10.3. The third kappa shape index (κ3) is 2.41. The van der Waals surface area contributed by atoms with E-state index in [1.807, 2.05) is 29.2 Å². The van der Waals surface area contributed by atoms with Crippen LogP contribution in [0.15, 0.2) is 48.8 Å². The van der Waals surface area contributed by atoms with E-state index < -0.39 is 0 Å². The van der Waals surface area contributed by atoms with Crippen LogP contribution >= 0.6 is 0 Å². The SMILES string of the molecule is O=[N+]([O-])c1c(N2CCN(c3ccccn3)CC2)nc2ccccn12. The van der Waals surface area contributed by atoms with Gasteiger partial charge in [0.05, 0.1) is 6.20 Å². The summed E-state index contributed by atoms with van der Waals surface area (Å²) in [5.41, 5.74) is 0.589. The fourth-order valence-electron chi connectivity index (χ4n) is 3.04. The molecule has 0 spiro atoms. The molecule has 0 bridgehead atoms. The first kappa shape index (κ1) is 14.4. The second kappa shape index (κ2) is 5.80. The van der Waals surface area contributed by atoms with Gasteiger partial charge in [0.2, 0.25) is 11.5 Å². The molecule has 3 aromatic rings. The third-order valence-corrected chi connectivity index (χ3v) is 4.21. The van der Waals surface area contributed by atoms with Gasteiger partial charge in [0.25, 0.3) is 0 Å². The van der Waals surface area contributed by atoms with Crippen LogP contribution in [0.4, 0.5) is 17.5 Å². The van der Waals surface area contributed by atoms with Crippen LogP contribution in [0.3, 0.4) is 0 Å². The van der Waals surface area contributed by atoms with Crippen molar-refractivity contribution < 1.29 is 4.92 Å². The smallest absolute Gasteiger partial charge is 0.358 e. The van der Waals surface area contributed by atoms with E-state index in [2.05, 4.69) is 14.9 Å². The van der Waals surface area contributed by atoms with Crippen molar-refractivity contribution in [3.8, 4) is 0 Å². The summed E-state index contributed by atoms with van der Waals surface area (Å²) < 4.78 is 1.53. The van der Waals surface area contributed by atoms with Gasteiger partial charge in [-0.05, 0) is 23.1 Å². The Labute approximate surface area is 138 Å². The van der Waals surface area contributed by atoms with E-state index in [0.29, 0.717) is 24.6 Å². The molecule has 8 heteroatoms. The van der Waals surface area contributed by atoms with Crippen molar-refractivity contribution in [1.29, 1.82) is 0 Å². The summed E-state index contributed by atoms with van der Waals surface area (Å²) >= 11 is 0. The zero-order chi connectivity index (χ0) is 16.5. The molecule has 0 radical (unpaired) electrons. The van der Waals surface area contributed by atoms with E-state index in [4.69, 9.17) is 0 Å². The molecule has 0 amide bonds. The van der Waals surface area contributed by atoms with E-state index in [1.54, 1.807) is 24.5 Å². The first-order valence-corrected chi connectivity index (χ1v) is 7.76. The number of hydrogen-bond acceptors (Lipinski definition) is 6. The number of aromatic nitrogens is 3. The molecule has 0 atom stereocenters. The molecule has 0 aromatic carbocycles. The van der Waals surface area contributed by atoms with E-state index in [-0.39, 0.29) is 10.7 Å². The molecule has 4 rings (SSSR count). The quantitative estimate of drug-likeness (QED) is 0.541. The van der Waals surface area contributed by atoms with Gasteiger partial charge in [0, 0.05) is 38.4 Å². The Hall–Kier alpha value is -3.16. The van der Waals surface area contributed by atoms with Crippen LogP contribution in [0.5, 0.6) is 0 Å². The molecule has 3 aromatic heterocycles. The molecule has 122 valence electrons. The normalized spacial score (nSPS) is 15.0. The van der Waals surface area contributed by atoms with Gasteiger partial charge >= 0.3 is 5.82 Å². The molecule has 24 heavy (non-hydrogen) atoms. The summed E-state index contributed by atoms with van der Waals surface area (Å²) in [4.78, 5) is 24.1. The van der Waals surface area contributed by atoms with Gasteiger partial charge in [-0.2, -0.15) is 9.38 Å². The van der Waals surface area contributed by atoms with Gasteiger partial charge in [0.15, 0.2) is 0 Å². The molecule has 0 saturated carbocycles. The van der Waals surface area contributed by atoms with Gasteiger partial charge in [-0.3, -0.25) is 0 Å². The highest BCUT2D eigenvalue weighted by molar-refractivity contribution is 5.64. The molecule has 0 aliphatic carbocycles. The molecule has 4 heterocycles. The average Bonchev–Trinajstić information content (AvgIpc) is 3.02. The van der Waals surface area contributed by atoms with Crippen LogP contribution in [0.1, 0.15) is 0 Å². The lowest BCUT2D eigenvalue weighted by molar-refractivity contribution is -0.389. The number of piperazine rings is 1. The van der Waals surface area contributed by atoms with Crippen molar-refractivity contribution in [2.24, 2.45) is 0 Å². The highest BCUT2D eigenvalue weighted by Gasteiger charge is 2.29. The van der Waals surface area contributed by atoms with Gasteiger partial charge < -0.3 is 19.9 Å². The van der Waals surface area contributed by atoms with Crippen LogP contribution in [-0.4, -0.2) is 45.5 Å². The van der Waals surface area contributed by atoms with Crippen molar-refractivity contribution >= 4 is 23.1 Å². The monoisotopic (exact) mass is 324 g/mol. The Kier molecular flexibility index (Phi) is 3.49. The number of nitro groups is 1. The fraction of sp³-hybridized carbons (Fsp3) is 0.250. The van der Waals surface area contributed by atoms with Crippen molar-refractivity contribution in [2.45, 2.75) is 0 Å². The van der Waals surface area contributed by atoms with Gasteiger partial charge in [-0.1, -0.05) is 12.1 Å². The molecule has 0 N–H and O–H groups in total. The molecule has 8 nitrogen and oxygen atoms in total. The Morgan fingerprint density at radius 2 is 1.75 bits per heavy atom. The third-order valence-electron chi connectivity index (χ3n) is 4.21. The number of rotatable bonds is 3. The number of anilines is 2. The first-order valence-electron chi connectivity index (χ1n) is 7.76.